The fraction of sp³-hybridized carbons (Fsp3) is 0. The van der Waals surface area contributed by atoms with Crippen LogP contribution in [-0.2, 0) is 0 Å². The maximum absolute atomic E-state index is 2.31. The van der Waals surface area contributed by atoms with Crippen LogP contribution in [0.5, 0.6) is 0 Å². The van der Waals surface area contributed by atoms with Gasteiger partial charge < -0.3 is 0 Å². The third kappa shape index (κ3) is 3.01. The van der Waals surface area contributed by atoms with E-state index >= 15 is 0 Å². The number of rotatable bonds is 2. The summed E-state index contributed by atoms with van der Waals surface area (Å²) < 4.78 is 1.62. The van der Waals surface area contributed by atoms with E-state index in [2.05, 4.69) is 52.4 Å². The summed E-state index contributed by atoms with van der Waals surface area (Å²) in [7, 11) is 0. The van der Waals surface area contributed by atoms with Gasteiger partial charge in [0.1, 0.15) is 0 Å². The van der Waals surface area contributed by atoms with Crippen molar-refractivity contribution in [3.63, 3.8) is 0 Å². The van der Waals surface area contributed by atoms with Crippen LogP contribution in [-0.4, -0.2) is 29.9 Å². The first kappa shape index (κ1) is 10.0. The Bertz CT molecular complexity index is 365. The zero-order valence-electron chi connectivity index (χ0n) is 7.59. The third-order valence-corrected chi connectivity index (χ3v) is 7.40. The quantitative estimate of drug-likeness (QED) is 0.736. The summed E-state index contributed by atoms with van der Waals surface area (Å²) in [6.07, 6.45) is 6.60. The summed E-state index contributed by atoms with van der Waals surface area (Å²) in [5.74, 6) is 0. The molecule has 0 bridgehead atoms. The number of benzene rings is 1. The van der Waals surface area contributed by atoms with E-state index in [4.69, 9.17) is 0 Å². The molecule has 0 aromatic heterocycles. The summed E-state index contributed by atoms with van der Waals surface area (Å²) in [6, 6.07) is 10.4. The summed E-state index contributed by atoms with van der Waals surface area (Å²) in [4.78, 5) is 4.63. The van der Waals surface area contributed by atoms with Gasteiger partial charge in [-0.25, -0.2) is 0 Å². The van der Waals surface area contributed by atoms with Crippen LogP contribution < -0.4 is 0 Å². The topological polar surface area (TPSA) is 0 Å². The van der Waals surface area contributed by atoms with Gasteiger partial charge in [0.2, 0.25) is 0 Å². The standard InChI is InChI=1S/C12H10Se2/c1-2-5-11(6-3-1)7-4-8-12-13-9-10-14-12/h1-10H/b7-4+. The van der Waals surface area contributed by atoms with Crippen molar-refractivity contribution in [3.05, 3.63) is 61.4 Å². The van der Waals surface area contributed by atoms with E-state index in [0.29, 0.717) is 29.9 Å². The molecule has 0 aliphatic carbocycles. The number of hydrogen-bond donors (Lipinski definition) is 0. The molecule has 2 heteroatoms. The minimum atomic E-state index is 0.640. The van der Waals surface area contributed by atoms with Gasteiger partial charge in [0.05, 0.1) is 0 Å². The van der Waals surface area contributed by atoms with Crippen molar-refractivity contribution in [2.75, 3.05) is 0 Å². The van der Waals surface area contributed by atoms with Crippen molar-refractivity contribution in [1.29, 1.82) is 0 Å². The molecule has 0 unspecified atom stereocenters. The molecule has 0 spiro atoms. The van der Waals surface area contributed by atoms with Gasteiger partial charge in [-0.1, -0.05) is 0 Å². The molecule has 14 heavy (non-hydrogen) atoms. The van der Waals surface area contributed by atoms with E-state index < -0.39 is 0 Å². The van der Waals surface area contributed by atoms with Gasteiger partial charge in [-0.2, -0.15) is 0 Å². The summed E-state index contributed by atoms with van der Waals surface area (Å²) in [5.41, 5.74) is 1.27. The van der Waals surface area contributed by atoms with Crippen LogP contribution in [0.3, 0.4) is 0 Å². The van der Waals surface area contributed by atoms with Crippen molar-refractivity contribution in [1.82, 2.24) is 0 Å². The van der Waals surface area contributed by atoms with Gasteiger partial charge in [-0.05, 0) is 0 Å². The van der Waals surface area contributed by atoms with Gasteiger partial charge in [0.15, 0.2) is 0 Å². The molecule has 2 rings (SSSR count). The summed E-state index contributed by atoms with van der Waals surface area (Å²) in [6.45, 7) is 0. The monoisotopic (exact) mass is 314 g/mol. The molecule has 0 radical (unpaired) electrons. The fourth-order valence-corrected chi connectivity index (χ4v) is 5.70. The maximum atomic E-state index is 2.31. The Balaban J connectivity index is 1.98. The van der Waals surface area contributed by atoms with E-state index in [-0.39, 0.29) is 0 Å². The normalized spacial score (nSPS) is 15.3. The van der Waals surface area contributed by atoms with Gasteiger partial charge in [0.25, 0.3) is 0 Å². The molecule has 70 valence electrons. The zero-order valence-corrected chi connectivity index (χ0v) is 11.0. The second-order valence-electron chi connectivity index (χ2n) is 2.76. The van der Waals surface area contributed by atoms with Crippen molar-refractivity contribution < 1.29 is 0 Å². The molecular formula is C12H10Se2. The SMILES string of the molecule is C1=C[Se]C(=C/C=C/c2ccccc2)[Se]1. The molecule has 0 atom stereocenters. The van der Waals surface area contributed by atoms with Gasteiger partial charge in [-0.15, -0.1) is 0 Å². The predicted molar refractivity (Wildman–Crippen MR) is 64.2 cm³/mol. The van der Waals surface area contributed by atoms with Gasteiger partial charge in [-0.3, -0.25) is 0 Å². The van der Waals surface area contributed by atoms with Crippen LogP contribution in [0.1, 0.15) is 5.56 Å². The van der Waals surface area contributed by atoms with Crippen LogP contribution in [0, 0.1) is 0 Å². The predicted octanol–water partition coefficient (Wildman–Crippen LogP) is 2.43. The van der Waals surface area contributed by atoms with Crippen LogP contribution in [0.25, 0.3) is 6.08 Å². The molecule has 0 nitrogen and oxygen atoms in total. The van der Waals surface area contributed by atoms with Crippen molar-refractivity contribution in [2.24, 2.45) is 0 Å². The van der Waals surface area contributed by atoms with Gasteiger partial charge in [0, 0.05) is 0 Å². The second-order valence-corrected chi connectivity index (χ2v) is 8.05. The first-order valence-corrected chi connectivity index (χ1v) is 8.06. The van der Waals surface area contributed by atoms with Crippen molar-refractivity contribution >= 4 is 36.0 Å². The molecule has 0 N–H and O–H groups in total. The van der Waals surface area contributed by atoms with Crippen LogP contribution in [0.4, 0.5) is 0 Å². The number of hydrogen-bond acceptors (Lipinski definition) is 0. The average molecular weight is 312 g/mol. The van der Waals surface area contributed by atoms with E-state index in [0.717, 1.165) is 0 Å². The summed E-state index contributed by atoms with van der Waals surface area (Å²) >= 11 is 1.28. The second kappa shape index (κ2) is 5.38. The Labute approximate surface area is 97.1 Å². The summed E-state index contributed by atoms with van der Waals surface area (Å²) in [5, 5.41) is 0. The van der Waals surface area contributed by atoms with Gasteiger partial charge >= 0.3 is 97.4 Å². The Morgan fingerprint density at radius 1 is 0.929 bits per heavy atom. The first-order chi connectivity index (χ1) is 6.95. The van der Waals surface area contributed by atoms with Crippen molar-refractivity contribution in [3.8, 4) is 0 Å². The third-order valence-electron chi connectivity index (χ3n) is 1.74. The zero-order chi connectivity index (χ0) is 9.64. The van der Waals surface area contributed by atoms with Crippen LogP contribution in [0.2, 0.25) is 0 Å². The molecule has 1 heterocycles. The molecular weight excluding hydrogens is 302 g/mol. The van der Waals surface area contributed by atoms with E-state index in [1.807, 2.05) is 6.07 Å². The Morgan fingerprint density at radius 2 is 1.64 bits per heavy atom. The Morgan fingerprint density at radius 3 is 2.36 bits per heavy atom. The Hall–Kier alpha value is -0.521. The van der Waals surface area contributed by atoms with E-state index in [9.17, 15) is 0 Å². The van der Waals surface area contributed by atoms with Crippen LogP contribution in [0.15, 0.2) is 55.8 Å². The molecule has 0 amide bonds. The first-order valence-electron chi connectivity index (χ1n) is 4.37. The average Bonchev–Trinajstić information content (AvgIpc) is 2.72. The molecule has 1 aromatic rings. The molecule has 0 saturated heterocycles. The molecule has 0 fully saturated rings. The minimum absolute atomic E-state index is 0.640. The number of allylic oxidation sites excluding steroid dienone is 2. The van der Waals surface area contributed by atoms with Crippen molar-refractivity contribution in [2.45, 2.75) is 0 Å². The molecule has 1 aliphatic heterocycles. The van der Waals surface area contributed by atoms with Crippen LogP contribution >= 0.6 is 0 Å². The molecule has 1 aliphatic rings. The molecule has 1 aromatic carbocycles. The van der Waals surface area contributed by atoms with E-state index in [1.54, 1.807) is 3.37 Å². The Kier molecular flexibility index (Phi) is 3.85. The fourth-order valence-electron chi connectivity index (χ4n) is 1.10. The van der Waals surface area contributed by atoms with E-state index in [1.165, 1.54) is 5.56 Å². The molecule has 0 saturated carbocycles.